The lowest BCUT2D eigenvalue weighted by Gasteiger charge is -2.27. The highest BCUT2D eigenvalue weighted by atomic mass is 28.3. The first-order chi connectivity index (χ1) is 15.1. The first kappa shape index (κ1) is 24.0. The summed E-state index contributed by atoms with van der Waals surface area (Å²) in [7, 11) is -0.465. The van der Waals surface area contributed by atoms with Crippen LogP contribution in [0.3, 0.4) is 0 Å². The van der Waals surface area contributed by atoms with E-state index in [-0.39, 0.29) is 5.82 Å². The van der Waals surface area contributed by atoms with Crippen LogP contribution in [0.1, 0.15) is 64.4 Å². The first-order valence-corrected chi connectivity index (χ1v) is 14.8. The third-order valence-corrected chi connectivity index (χ3v) is 10.3. The molecule has 0 bridgehead atoms. The van der Waals surface area contributed by atoms with Crippen LogP contribution in [0.2, 0.25) is 18.1 Å². The second-order valence-electron chi connectivity index (χ2n) is 9.23. The minimum Gasteiger partial charge on any atom is -0.494 e. The molecule has 170 valence electrons. The highest BCUT2D eigenvalue weighted by molar-refractivity contribution is 6.58. The van der Waals surface area contributed by atoms with Gasteiger partial charge in [0.15, 0.2) is 0 Å². The Morgan fingerprint density at radius 3 is 2.26 bits per heavy atom. The van der Waals surface area contributed by atoms with E-state index < -0.39 is 14.6 Å². The number of hydrogen-bond donors (Lipinski definition) is 0. The normalized spacial score (nSPS) is 18.8. The number of ether oxygens (including phenoxy) is 1. The molecule has 1 saturated heterocycles. The second-order valence-corrected chi connectivity index (χ2v) is 12.7. The van der Waals surface area contributed by atoms with E-state index in [9.17, 15) is 8.78 Å². The summed E-state index contributed by atoms with van der Waals surface area (Å²) >= 11 is 0. The van der Waals surface area contributed by atoms with Gasteiger partial charge in [0, 0.05) is 26.0 Å². The molecule has 0 radical (unpaired) electrons. The number of unbranched alkanes of at least 4 members (excludes halogenated alkanes) is 2. The van der Waals surface area contributed by atoms with E-state index in [1.807, 2.05) is 13.0 Å². The van der Waals surface area contributed by atoms with Crippen molar-refractivity contribution in [2.45, 2.75) is 83.3 Å². The summed E-state index contributed by atoms with van der Waals surface area (Å²) in [6.45, 7) is 4.83. The lowest BCUT2D eigenvalue weighted by atomic mass is 9.93. The van der Waals surface area contributed by atoms with Crippen LogP contribution in [0.5, 0.6) is 5.75 Å². The summed E-state index contributed by atoms with van der Waals surface area (Å²) in [6.07, 6.45) is 9.84. The summed E-state index contributed by atoms with van der Waals surface area (Å²) in [6, 6.07) is 14.5. The molecule has 1 aliphatic heterocycles. The van der Waals surface area contributed by atoms with Crippen molar-refractivity contribution in [2.24, 2.45) is 5.92 Å². The average molecular weight is 445 g/mol. The molecule has 0 amide bonds. The highest BCUT2D eigenvalue weighted by Gasteiger charge is 2.22. The molecular weight excluding hydrogens is 406 g/mol. The smallest absolute Gasteiger partial charge is 0.134 e. The number of rotatable bonds is 11. The molecule has 1 nitrogen and oxygen atoms in total. The quantitative estimate of drug-likeness (QED) is 0.251. The van der Waals surface area contributed by atoms with Crippen LogP contribution in [0.4, 0.5) is 8.78 Å². The minimum absolute atomic E-state index is 0.291. The van der Waals surface area contributed by atoms with E-state index in [1.165, 1.54) is 56.3 Å². The van der Waals surface area contributed by atoms with Gasteiger partial charge in [0.2, 0.25) is 0 Å². The van der Waals surface area contributed by atoms with Gasteiger partial charge < -0.3 is 4.74 Å². The Bertz CT molecular complexity index is 815. The van der Waals surface area contributed by atoms with Crippen molar-refractivity contribution in [1.82, 2.24) is 0 Å². The van der Waals surface area contributed by atoms with Gasteiger partial charge >= 0.3 is 0 Å². The van der Waals surface area contributed by atoms with Crippen LogP contribution in [0, 0.1) is 17.6 Å². The summed E-state index contributed by atoms with van der Waals surface area (Å²) in [5, 5.41) is 0. The predicted octanol–water partition coefficient (Wildman–Crippen LogP) is 8.18. The molecule has 0 aromatic heterocycles. The third kappa shape index (κ3) is 7.17. The molecule has 2 aromatic carbocycles. The molecule has 0 aliphatic carbocycles. The molecule has 0 atom stereocenters. The van der Waals surface area contributed by atoms with Gasteiger partial charge in [-0.25, -0.2) is 8.78 Å². The largest absolute Gasteiger partial charge is 0.494 e. The van der Waals surface area contributed by atoms with Crippen molar-refractivity contribution in [3.05, 3.63) is 53.6 Å². The maximum atomic E-state index is 14.8. The molecule has 2 aromatic rings. The standard InChI is InChI=1S/C27H38F2OSi/c1-3-5-6-16-31-17-13-21(14-18-31)7-8-22-9-11-24(26(28)19-22)25-12-10-23(20-27(25)29)30-15-4-2/h9-12,19-21,31H,3-8,13-18H2,1-2H3/t21-,31-. The Kier molecular flexibility index (Phi) is 9.57. The van der Waals surface area contributed by atoms with E-state index in [0.717, 1.165) is 30.7 Å². The Balaban J connectivity index is 1.52. The zero-order chi connectivity index (χ0) is 22.1. The Morgan fingerprint density at radius 1 is 0.903 bits per heavy atom. The van der Waals surface area contributed by atoms with Gasteiger partial charge in [-0.2, -0.15) is 0 Å². The molecular formula is C27H38F2OSi. The molecule has 1 fully saturated rings. The van der Waals surface area contributed by atoms with Gasteiger partial charge in [0.05, 0.1) is 6.61 Å². The van der Waals surface area contributed by atoms with Gasteiger partial charge in [0.25, 0.3) is 0 Å². The van der Waals surface area contributed by atoms with Gasteiger partial charge in [-0.05, 0) is 48.9 Å². The van der Waals surface area contributed by atoms with Crippen LogP contribution >= 0.6 is 0 Å². The number of benzene rings is 2. The van der Waals surface area contributed by atoms with Crippen molar-refractivity contribution in [3.8, 4) is 16.9 Å². The number of aryl methyl sites for hydroxylation is 1. The van der Waals surface area contributed by atoms with Gasteiger partial charge in [-0.15, -0.1) is 0 Å². The van der Waals surface area contributed by atoms with E-state index >= 15 is 0 Å². The molecule has 0 spiro atoms. The number of halogens is 2. The van der Waals surface area contributed by atoms with Crippen LogP contribution in [0.15, 0.2) is 36.4 Å². The van der Waals surface area contributed by atoms with E-state index in [4.69, 9.17) is 4.74 Å². The summed E-state index contributed by atoms with van der Waals surface area (Å²) < 4.78 is 34.8. The molecule has 1 heterocycles. The van der Waals surface area contributed by atoms with E-state index in [2.05, 4.69) is 6.92 Å². The summed E-state index contributed by atoms with van der Waals surface area (Å²) in [5.41, 5.74) is 1.63. The molecule has 31 heavy (non-hydrogen) atoms. The average Bonchev–Trinajstić information content (AvgIpc) is 2.78. The van der Waals surface area contributed by atoms with E-state index in [1.54, 1.807) is 24.3 Å². The van der Waals surface area contributed by atoms with Crippen molar-refractivity contribution >= 4 is 8.80 Å². The zero-order valence-electron chi connectivity index (χ0n) is 19.3. The Morgan fingerprint density at radius 2 is 1.61 bits per heavy atom. The Labute approximate surface area is 188 Å². The fourth-order valence-corrected chi connectivity index (χ4v) is 8.44. The lowest BCUT2D eigenvalue weighted by molar-refractivity contribution is 0.316. The van der Waals surface area contributed by atoms with Gasteiger partial charge in [-0.1, -0.05) is 76.2 Å². The maximum Gasteiger partial charge on any atom is 0.134 e. The maximum absolute atomic E-state index is 14.8. The minimum atomic E-state index is -0.465. The summed E-state index contributed by atoms with van der Waals surface area (Å²) in [5.74, 6) is 0.500. The lowest BCUT2D eigenvalue weighted by Crippen LogP contribution is -2.21. The third-order valence-electron chi connectivity index (χ3n) is 6.76. The van der Waals surface area contributed by atoms with Crippen LogP contribution < -0.4 is 4.74 Å². The number of hydrogen-bond acceptors (Lipinski definition) is 1. The monoisotopic (exact) mass is 444 g/mol. The topological polar surface area (TPSA) is 9.23 Å². The van der Waals surface area contributed by atoms with Crippen molar-refractivity contribution in [2.75, 3.05) is 6.61 Å². The van der Waals surface area contributed by atoms with Crippen LogP contribution in [-0.2, 0) is 6.42 Å². The highest BCUT2D eigenvalue weighted by Crippen LogP contribution is 2.32. The Hall–Kier alpha value is -1.68. The second kappa shape index (κ2) is 12.4. The van der Waals surface area contributed by atoms with Crippen molar-refractivity contribution in [3.63, 3.8) is 0 Å². The van der Waals surface area contributed by atoms with Crippen LogP contribution in [-0.4, -0.2) is 15.4 Å². The summed E-state index contributed by atoms with van der Waals surface area (Å²) in [4.78, 5) is 0. The molecule has 1 aliphatic rings. The molecule has 0 saturated carbocycles. The first-order valence-electron chi connectivity index (χ1n) is 12.3. The molecule has 4 heteroatoms. The molecule has 0 unspecified atom stereocenters. The SMILES string of the molecule is CCCCC[Si@H]1CC[C@H](CCc2ccc(-c3ccc(OCCC)cc3F)c(F)c2)CC1. The van der Waals surface area contributed by atoms with Crippen molar-refractivity contribution in [1.29, 1.82) is 0 Å². The predicted molar refractivity (Wildman–Crippen MR) is 130 cm³/mol. The van der Waals surface area contributed by atoms with Gasteiger partial charge in [0.1, 0.15) is 17.4 Å². The van der Waals surface area contributed by atoms with Crippen LogP contribution in [0.25, 0.3) is 11.1 Å². The van der Waals surface area contributed by atoms with Gasteiger partial charge in [-0.3, -0.25) is 0 Å². The zero-order valence-corrected chi connectivity index (χ0v) is 20.4. The van der Waals surface area contributed by atoms with Crippen molar-refractivity contribution < 1.29 is 13.5 Å². The molecule has 3 rings (SSSR count). The fourth-order valence-electron chi connectivity index (χ4n) is 4.82. The fraction of sp³-hybridized carbons (Fsp3) is 0.556. The van der Waals surface area contributed by atoms with E-state index in [0.29, 0.717) is 23.5 Å². The molecule has 0 N–H and O–H groups in total.